The minimum Gasteiger partial charge on any atom is -0.483 e. The molecule has 1 heterocycles. The summed E-state index contributed by atoms with van der Waals surface area (Å²) in [7, 11) is 0. The van der Waals surface area contributed by atoms with Crippen LogP contribution in [0.3, 0.4) is 0 Å². The highest BCUT2D eigenvalue weighted by atomic mass is 16.5. The number of amides is 1. The minimum atomic E-state index is -0.234. The lowest BCUT2D eigenvalue weighted by Gasteiger charge is -2.34. The molecule has 0 aliphatic heterocycles. The topological polar surface area (TPSA) is 68.5 Å². The fourth-order valence-corrected chi connectivity index (χ4v) is 4.96. The zero-order valence-electron chi connectivity index (χ0n) is 17.7. The van der Waals surface area contributed by atoms with Crippen molar-refractivity contribution in [2.24, 2.45) is 11.8 Å². The van der Waals surface area contributed by atoms with Gasteiger partial charge in [-0.2, -0.15) is 0 Å². The summed E-state index contributed by atoms with van der Waals surface area (Å²) >= 11 is 0. The van der Waals surface area contributed by atoms with E-state index in [1.165, 1.54) is 6.42 Å². The van der Waals surface area contributed by atoms with Gasteiger partial charge in [0.2, 0.25) is 0 Å². The van der Waals surface area contributed by atoms with Gasteiger partial charge >= 0.3 is 5.63 Å². The van der Waals surface area contributed by atoms with Gasteiger partial charge in [-0.25, -0.2) is 4.79 Å². The smallest absolute Gasteiger partial charge is 0.339 e. The molecule has 156 valence electrons. The second kappa shape index (κ2) is 8.21. The van der Waals surface area contributed by atoms with E-state index in [1.54, 1.807) is 0 Å². The molecular formula is C24H31NO4. The molecule has 29 heavy (non-hydrogen) atoms. The zero-order valence-corrected chi connectivity index (χ0v) is 17.7. The standard InChI is InChI=1S/C24H31NO4/c1-14-11-20(28-13-22(26)25-19-10-6-7-15(2)16(19)3)23-17-8-4-5-9-18(17)24(27)29-21(23)12-14/h11-12,15-16,19H,4-10,13H2,1-3H3,(H,25,26)/t15-,16-,19+/m0/s1. The highest BCUT2D eigenvalue weighted by molar-refractivity contribution is 5.89. The maximum Gasteiger partial charge on any atom is 0.339 e. The van der Waals surface area contributed by atoms with Crippen molar-refractivity contribution < 1.29 is 13.9 Å². The Hall–Kier alpha value is -2.30. The van der Waals surface area contributed by atoms with Crippen molar-refractivity contribution in [1.29, 1.82) is 0 Å². The molecule has 1 saturated carbocycles. The lowest BCUT2D eigenvalue weighted by molar-refractivity contribution is -0.124. The summed E-state index contributed by atoms with van der Waals surface area (Å²) in [6.07, 6.45) is 7.08. The molecule has 0 unspecified atom stereocenters. The number of rotatable bonds is 4. The third-order valence-corrected chi connectivity index (χ3v) is 6.84. The molecule has 2 aliphatic rings. The normalized spacial score (nSPS) is 24.2. The van der Waals surface area contributed by atoms with Crippen LogP contribution < -0.4 is 15.7 Å². The monoisotopic (exact) mass is 397 g/mol. The molecule has 4 rings (SSSR count). The van der Waals surface area contributed by atoms with E-state index in [9.17, 15) is 9.59 Å². The first-order valence-electron chi connectivity index (χ1n) is 11.0. The van der Waals surface area contributed by atoms with Crippen LogP contribution in [-0.2, 0) is 17.6 Å². The SMILES string of the molecule is Cc1cc(OCC(=O)N[C@@H]2CCC[C@H](C)[C@@H]2C)c2c3c(c(=O)oc2c1)CCCC3. The molecule has 1 N–H and O–H groups in total. The van der Waals surface area contributed by atoms with Crippen LogP contribution in [0, 0.1) is 18.8 Å². The number of hydrogen-bond donors (Lipinski definition) is 1. The lowest BCUT2D eigenvalue weighted by Crippen LogP contribution is -2.45. The highest BCUT2D eigenvalue weighted by Crippen LogP contribution is 2.34. The Morgan fingerprint density at radius 3 is 2.69 bits per heavy atom. The maximum atomic E-state index is 12.6. The number of aryl methyl sites for hydroxylation is 2. The van der Waals surface area contributed by atoms with E-state index < -0.39 is 0 Å². The van der Waals surface area contributed by atoms with E-state index in [4.69, 9.17) is 9.15 Å². The second-order valence-corrected chi connectivity index (χ2v) is 8.92. The summed E-state index contributed by atoms with van der Waals surface area (Å²) in [6.45, 7) is 6.40. The van der Waals surface area contributed by atoms with Crippen molar-refractivity contribution in [3.8, 4) is 5.75 Å². The Morgan fingerprint density at radius 2 is 1.90 bits per heavy atom. The van der Waals surface area contributed by atoms with E-state index in [-0.39, 0.29) is 24.2 Å². The van der Waals surface area contributed by atoms with Crippen molar-refractivity contribution >= 4 is 16.9 Å². The maximum absolute atomic E-state index is 12.6. The first kappa shape index (κ1) is 20.0. The number of nitrogens with one attached hydrogen (secondary N) is 1. The van der Waals surface area contributed by atoms with Gasteiger partial charge in [0.05, 0.1) is 5.39 Å². The number of ether oxygens (including phenoxy) is 1. The lowest BCUT2D eigenvalue weighted by atomic mass is 9.78. The van der Waals surface area contributed by atoms with Gasteiger partial charge in [-0.1, -0.05) is 26.7 Å². The Labute approximate surface area is 171 Å². The number of hydrogen-bond acceptors (Lipinski definition) is 4. The fraction of sp³-hybridized carbons (Fsp3) is 0.583. The van der Waals surface area contributed by atoms with Crippen LogP contribution in [0.2, 0.25) is 0 Å². The molecule has 1 amide bonds. The zero-order chi connectivity index (χ0) is 20.5. The fourth-order valence-electron chi connectivity index (χ4n) is 4.96. The van der Waals surface area contributed by atoms with Crippen LogP contribution in [0.4, 0.5) is 0 Å². The molecule has 2 aromatic rings. The predicted molar refractivity (Wildman–Crippen MR) is 113 cm³/mol. The summed E-state index contributed by atoms with van der Waals surface area (Å²) in [5.74, 6) is 1.66. The molecule has 0 spiro atoms. The summed E-state index contributed by atoms with van der Waals surface area (Å²) < 4.78 is 11.6. The molecule has 5 heteroatoms. The third kappa shape index (κ3) is 4.05. The van der Waals surface area contributed by atoms with Crippen LogP contribution in [0.15, 0.2) is 21.3 Å². The van der Waals surface area contributed by atoms with Crippen molar-refractivity contribution in [3.63, 3.8) is 0 Å². The predicted octanol–water partition coefficient (Wildman–Crippen LogP) is 4.30. The van der Waals surface area contributed by atoms with Gasteiger partial charge in [-0.3, -0.25) is 4.79 Å². The quantitative estimate of drug-likeness (QED) is 0.781. The molecular weight excluding hydrogens is 366 g/mol. The highest BCUT2D eigenvalue weighted by Gasteiger charge is 2.28. The summed E-state index contributed by atoms with van der Waals surface area (Å²) in [6, 6.07) is 4.04. The molecule has 1 aromatic carbocycles. The van der Waals surface area contributed by atoms with Gasteiger partial charge in [0, 0.05) is 11.6 Å². The van der Waals surface area contributed by atoms with E-state index in [0.29, 0.717) is 23.2 Å². The molecule has 0 radical (unpaired) electrons. The number of benzene rings is 1. The van der Waals surface area contributed by atoms with Gasteiger partial charge in [0.1, 0.15) is 11.3 Å². The molecule has 1 fully saturated rings. The van der Waals surface area contributed by atoms with Gasteiger partial charge in [-0.05, 0) is 74.1 Å². The second-order valence-electron chi connectivity index (χ2n) is 8.92. The van der Waals surface area contributed by atoms with E-state index in [0.717, 1.165) is 60.6 Å². The molecule has 0 saturated heterocycles. The Morgan fingerprint density at radius 1 is 1.14 bits per heavy atom. The molecule has 0 bridgehead atoms. The summed E-state index contributed by atoms with van der Waals surface area (Å²) in [5.41, 5.74) is 3.07. The van der Waals surface area contributed by atoms with Crippen molar-refractivity contribution in [2.75, 3.05) is 6.61 Å². The van der Waals surface area contributed by atoms with Crippen molar-refractivity contribution in [1.82, 2.24) is 5.32 Å². The molecule has 2 aliphatic carbocycles. The van der Waals surface area contributed by atoms with Crippen LogP contribution in [-0.4, -0.2) is 18.6 Å². The average Bonchev–Trinajstić information content (AvgIpc) is 2.69. The number of carbonyl (C=O) groups is 1. The Balaban J connectivity index is 1.56. The van der Waals surface area contributed by atoms with Crippen LogP contribution in [0.25, 0.3) is 11.0 Å². The minimum absolute atomic E-state index is 0.0238. The van der Waals surface area contributed by atoms with Crippen LogP contribution in [0.5, 0.6) is 5.75 Å². The van der Waals surface area contributed by atoms with Gasteiger partial charge in [-0.15, -0.1) is 0 Å². The van der Waals surface area contributed by atoms with Gasteiger partial charge < -0.3 is 14.5 Å². The van der Waals surface area contributed by atoms with E-state index >= 15 is 0 Å². The van der Waals surface area contributed by atoms with E-state index in [1.807, 2.05) is 19.1 Å². The van der Waals surface area contributed by atoms with Gasteiger partial charge in [0.15, 0.2) is 6.61 Å². The number of carbonyl (C=O) groups excluding carboxylic acids is 1. The average molecular weight is 398 g/mol. The Kier molecular flexibility index (Phi) is 5.66. The first-order valence-corrected chi connectivity index (χ1v) is 11.0. The number of fused-ring (bicyclic) bond motifs is 3. The van der Waals surface area contributed by atoms with Crippen molar-refractivity contribution in [3.05, 3.63) is 39.2 Å². The van der Waals surface area contributed by atoms with Crippen molar-refractivity contribution in [2.45, 2.75) is 71.8 Å². The molecule has 1 aromatic heterocycles. The van der Waals surface area contributed by atoms with Crippen LogP contribution >= 0.6 is 0 Å². The van der Waals surface area contributed by atoms with Crippen LogP contribution in [0.1, 0.15) is 62.6 Å². The molecule has 3 atom stereocenters. The Bertz CT molecular complexity index is 977. The summed E-state index contributed by atoms with van der Waals surface area (Å²) in [5, 5.41) is 4.02. The largest absolute Gasteiger partial charge is 0.483 e. The van der Waals surface area contributed by atoms with E-state index in [2.05, 4.69) is 19.2 Å². The summed E-state index contributed by atoms with van der Waals surface area (Å²) in [4.78, 5) is 25.0. The molecule has 5 nitrogen and oxygen atoms in total. The third-order valence-electron chi connectivity index (χ3n) is 6.84. The first-order chi connectivity index (χ1) is 13.9. The van der Waals surface area contributed by atoms with Gasteiger partial charge in [0.25, 0.3) is 5.91 Å².